The van der Waals surface area contributed by atoms with Crippen LogP contribution in [-0.4, -0.2) is 59.7 Å². The lowest BCUT2D eigenvalue weighted by Gasteiger charge is -2.18. The molecule has 0 bridgehead atoms. The number of hydrogen-bond donors (Lipinski definition) is 3. The fourth-order valence-electron chi connectivity index (χ4n) is 3.30. The molecule has 0 saturated carbocycles. The number of phenols is 1. The third-order valence-corrected chi connectivity index (χ3v) is 5.24. The topological polar surface area (TPSA) is 144 Å². The maximum absolute atomic E-state index is 13.1. The van der Waals surface area contributed by atoms with E-state index in [1.165, 1.54) is 49.9 Å². The maximum atomic E-state index is 13.1. The van der Waals surface area contributed by atoms with Crippen LogP contribution in [0.1, 0.15) is 42.6 Å². The molecule has 1 aliphatic rings. The van der Waals surface area contributed by atoms with Crippen molar-refractivity contribution in [2.75, 3.05) is 7.11 Å². The molecule has 2 rings (SSSR count). The number of cyclic esters (lactones) is 2. The third-order valence-electron chi connectivity index (χ3n) is 5.24. The highest BCUT2D eigenvalue weighted by Gasteiger charge is 2.24. The third kappa shape index (κ3) is 10.1. The summed E-state index contributed by atoms with van der Waals surface area (Å²) in [5.41, 5.74) is 1.09. The van der Waals surface area contributed by atoms with Gasteiger partial charge in [-0.25, -0.2) is 4.79 Å². The van der Waals surface area contributed by atoms with E-state index in [9.17, 15) is 24.6 Å². The molecule has 1 heterocycles. The van der Waals surface area contributed by atoms with Crippen LogP contribution in [0.2, 0.25) is 0 Å². The summed E-state index contributed by atoms with van der Waals surface area (Å²) in [7, 11) is 1.38. The van der Waals surface area contributed by atoms with Crippen LogP contribution in [0, 0.1) is 0 Å². The second-order valence-electron chi connectivity index (χ2n) is 8.16. The Morgan fingerprint density at radius 2 is 2.05 bits per heavy atom. The zero-order valence-electron chi connectivity index (χ0n) is 21.0. The predicted octanol–water partition coefficient (Wildman–Crippen LogP) is 2.87. The van der Waals surface area contributed by atoms with Crippen LogP contribution in [0.5, 0.6) is 5.75 Å². The van der Waals surface area contributed by atoms with Crippen LogP contribution in [0.15, 0.2) is 71.6 Å². The van der Waals surface area contributed by atoms with E-state index in [4.69, 9.17) is 9.47 Å². The van der Waals surface area contributed by atoms with E-state index in [2.05, 4.69) is 15.3 Å². The SMILES string of the molecule is CO/N=C/C=C\C(=O)N/C=C/C[C@H]1CC(=O)O[C@@H](C)/C=C/[C@H](O)/C(C)=C\Cc2cccc(O)c2C(=O)O1. The summed E-state index contributed by atoms with van der Waals surface area (Å²) in [6, 6.07) is 4.65. The molecule has 1 aromatic rings. The quantitative estimate of drug-likeness (QED) is 0.174. The second-order valence-corrected chi connectivity index (χ2v) is 8.16. The lowest BCUT2D eigenvalue weighted by molar-refractivity contribution is -0.148. The number of aromatic hydroxyl groups is 1. The predicted molar refractivity (Wildman–Crippen MR) is 137 cm³/mol. The monoisotopic (exact) mass is 512 g/mol. The summed E-state index contributed by atoms with van der Waals surface area (Å²) in [6.07, 6.45) is 9.26. The molecule has 0 spiro atoms. The van der Waals surface area contributed by atoms with Crippen molar-refractivity contribution in [2.45, 2.75) is 51.4 Å². The Hall–Kier alpha value is -4.18. The number of oxime groups is 1. The number of carbonyl (C=O) groups excluding carboxylic acids is 3. The van der Waals surface area contributed by atoms with Crippen LogP contribution in [0.4, 0.5) is 0 Å². The molecule has 0 aromatic heterocycles. The first-order valence-electron chi connectivity index (χ1n) is 11.6. The minimum absolute atomic E-state index is 0.0293. The standard InChI is InChI=1S/C27H32N2O8/c1-18-11-13-20-7-4-9-23(31)26(20)27(34)37-21(17-25(33)36-19(2)12-14-22(18)30)8-5-15-28-24(32)10-6-16-29-35-3/h4-7,9-12,14-16,19,21-22,30-31H,8,13,17H2,1-3H3,(H,28,32)/b10-6-,14-12+,15-5+,18-11-,29-16+/t19-,21-,22-/m0/s1. The number of benzene rings is 1. The van der Waals surface area contributed by atoms with Gasteiger partial charge in [0, 0.05) is 18.7 Å². The molecular weight excluding hydrogens is 480 g/mol. The summed E-state index contributed by atoms with van der Waals surface area (Å²) in [5, 5.41) is 26.7. The van der Waals surface area contributed by atoms with Crippen molar-refractivity contribution in [1.82, 2.24) is 5.32 Å². The highest BCUT2D eigenvalue weighted by molar-refractivity contribution is 5.94. The van der Waals surface area contributed by atoms with Gasteiger partial charge < -0.3 is 29.8 Å². The summed E-state index contributed by atoms with van der Waals surface area (Å²) >= 11 is 0. The van der Waals surface area contributed by atoms with Gasteiger partial charge in [0.1, 0.15) is 30.6 Å². The number of phenolic OH excluding ortho intramolecular Hbond substituents is 1. The van der Waals surface area contributed by atoms with E-state index in [0.29, 0.717) is 11.1 Å². The van der Waals surface area contributed by atoms with Crippen molar-refractivity contribution in [3.05, 3.63) is 77.6 Å². The van der Waals surface area contributed by atoms with E-state index in [-0.39, 0.29) is 30.6 Å². The molecule has 10 nitrogen and oxygen atoms in total. The van der Waals surface area contributed by atoms with Crippen molar-refractivity contribution in [3.8, 4) is 5.75 Å². The summed E-state index contributed by atoms with van der Waals surface area (Å²) in [6.45, 7) is 3.38. The fourth-order valence-corrected chi connectivity index (χ4v) is 3.30. The number of rotatable bonds is 6. The Labute approximate surface area is 215 Å². The number of amides is 1. The van der Waals surface area contributed by atoms with Crippen LogP contribution < -0.4 is 5.32 Å². The number of esters is 2. The number of carbonyl (C=O) groups is 3. The van der Waals surface area contributed by atoms with E-state index >= 15 is 0 Å². The van der Waals surface area contributed by atoms with Crippen molar-refractivity contribution in [1.29, 1.82) is 0 Å². The number of nitrogens with one attached hydrogen (secondary N) is 1. The first-order chi connectivity index (χ1) is 17.7. The van der Waals surface area contributed by atoms with Crippen molar-refractivity contribution in [2.24, 2.45) is 5.16 Å². The van der Waals surface area contributed by atoms with E-state index < -0.39 is 36.2 Å². The number of nitrogens with zero attached hydrogens (tertiary/aromatic N) is 1. The molecule has 10 heteroatoms. The van der Waals surface area contributed by atoms with Crippen molar-refractivity contribution in [3.63, 3.8) is 0 Å². The van der Waals surface area contributed by atoms with Crippen LogP contribution in [-0.2, 0) is 30.3 Å². The maximum Gasteiger partial charge on any atom is 0.342 e. The molecule has 0 unspecified atom stereocenters. The van der Waals surface area contributed by atoms with Crippen LogP contribution >= 0.6 is 0 Å². The van der Waals surface area contributed by atoms with Gasteiger partial charge in [0.25, 0.3) is 0 Å². The Kier molecular flexibility index (Phi) is 11.8. The zero-order valence-corrected chi connectivity index (χ0v) is 21.0. The average Bonchev–Trinajstić information content (AvgIpc) is 2.85. The molecule has 0 radical (unpaired) electrons. The van der Waals surface area contributed by atoms with Gasteiger partial charge in [0.05, 0.1) is 18.7 Å². The Balaban J connectivity index is 2.25. The van der Waals surface area contributed by atoms with Gasteiger partial charge >= 0.3 is 11.9 Å². The molecule has 0 saturated heterocycles. The van der Waals surface area contributed by atoms with Gasteiger partial charge in [-0.1, -0.05) is 35.5 Å². The molecule has 3 atom stereocenters. The molecule has 1 aliphatic heterocycles. The molecular formula is C27H32N2O8. The number of ether oxygens (including phenoxy) is 2. The number of allylic oxidation sites excluding steroid dienone is 2. The van der Waals surface area contributed by atoms with E-state index in [1.54, 1.807) is 38.1 Å². The molecule has 1 aromatic carbocycles. The molecule has 0 fully saturated rings. The molecule has 0 aliphatic carbocycles. The Morgan fingerprint density at radius 3 is 2.81 bits per heavy atom. The van der Waals surface area contributed by atoms with Gasteiger partial charge in [-0.3, -0.25) is 9.59 Å². The smallest absolute Gasteiger partial charge is 0.342 e. The molecule has 3 N–H and O–H groups in total. The lowest BCUT2D eigenvalue weighted by Crippen LogP contribution is -2.25. The second kappa shape index (κ2) is 15.0. The first kappa shape index (κ1) is 29.1. The van der Waals surface area contributed by atoms with Crippen LogP contribution in [0.3, 0.4) is 0 Å². The van der Waals surface area contributed by atoms with Crippen molar-refractivity contribution >= 4 is 24.1 Å². The lowest BCUT2D eigenvalue weighted by atomic mass is 10.0. The van der Waals surface area contributed by atoms with Gasteiger partial charge in [-0.15, -0.1) is 0 Å². The normalized spacial score (nSPS) is 23.9. The molecule has 198 valence electrons. The number of aliphatic hydroxyl groups is 1. The number of fused-ring (bicyclic) bond motifs is 1. The van der Waals surface area contributed by atoms with E-state index in [0.717, 1.165) is 0 Å². The fraction of sp³-hybridized carbons (Fsp3) is 0.333. The minimum Gasteiger partial charge on any atom is -0.507 e. The van der Waals surface area contributed by atoms with E-state index in [1.807, 2.05) is 0 Å². The number of hydrogen-bond acceptors (Lipinski definition) is 9. The highest BCUT2D eigenvalue weighted by atomic mass is 16.6. The van der Waals surface area contributed by atoms with Gasteiger partial charge in [-0.2, -0.15) is 0 Å². The van der Waals surface area contributed by atoms with Crippen molar-refractivity contribution < 1.29 is 38.9 Å². The largest absolute Gasteiger partial charge is 0.507 e. The van der Waals surface area contributed by atoms with Gasteiger partial charge in [-0.05, 0) is 49.6 Å². The first-order valence-corrected chi connectivity index (χ1v) is 11.6. The number of aliphatic hydroxyl groups excluding tert-OH is 1. The zero-order chi connectivity index (χ0) is 27.2. The average molecular weight is 513 g/mol. The summed E-state index contributed by atoms with van der Waals surface area (Å²) < 4.78 is 10.9. The summed E-state index contributed by atoms with van der Waals surface area (Å²) in [4.78, 5) is 41.9. The summed E-state index contributed by atoms with van der Waals surface area (Å²) in [5.74, 6) is -2.12. The Morgan fingerprint density at radius 1 is 1.27 bits per heavy atom. The molecule has 1 amide bonds. The van der Waals surface area contributed by atoms with Gasteiger partial charge in [0.2, 0.25) is 5.91 Å². The molecule has 37 heavy (non-hydrogen) atoms. The Bertz CT molecular complexity index is 1100. The minimum atomic E-state index is -0.936. The van der Waals surface area contributed by atoms with Gasteiger partial charge in [0.15, 0.2) is 0 Å². The van der Waals surface area contributed by atoms with Crippen LogP contribution in [0.25, 0.3) is 0 Å². The highest BCUT2D eigenvalue weighted by Crippen LogP contribution is 2.25.